The van der Waals surface area contributed by atoms with Gasteiger partial charge < -0.3 is 14.6 Å². The molecular weight excluding hydrogens is 496 g/mol. The van der Waals surface area contributed by atoms with Crippen molar-refractivity contribution in [2.45, 2.75) is 129 Å². The average Bonchev–Trinajstić information content (AvgIpc) is 2.96. The number of hydrogen-bond donors (Lipinski definition) is 1. The van der Waals surface area contributed by atoms with Crippen molar-refractivity contribution in [1.29, 1.82) is 0 Å². The Morgan fingerprint density at radius 3 is 1.70 bits per heavy atom. The van der Waals surface area contributed by atoms with E-state index in [0.717, 1.165) is 64.2 Å². The van der Waals surface area contributed by atoms with Crippen LogP contribution < -0.4 is 0 Å². The van der Waals surface area contributed by atoms with E-state index in [1.165, 1.54) is 38.5 Å². The van der Waals surface area contributed by atoms with Gasteiger partial charge in [-0.15, -0.1) is 0 Å². The fourth-order valence-corrected chi connectivity index (χ4v) is 3.91. The van der Waals surface area contributed by atoms with Crippen molar-refractivity contribution in [2.75, 3.05) is 19.8 Å². The summed E-state index contributed by atoms with van der Waals surface area (Å²) in [5.41, 5.74) is 0. The van der Waals surface area contributed by atoms with Crippen LogP contribution in [0.1, 0.15) is 123 Å². The number of hydrogen-bond acceptors (Lipinski definition) is 4. The van der Waals surface area contributed by atoms with Gasteiger partial charge in [-0.1, -0.05) is 119 Å². The molecule has 0 heterocycles. The van der Waals surface area contributed by atoms with Gasteiger partial charge in [0.25, 0.3) is 0 Å². The summed E-state index contributed by atoms with van der Waals surface area (Å²) in [6.45, 7) is 4.96. The van der Waals surface area contributed by atoms with E-state index in [1.54, 1.807) is 0 Å². The van der Waals surface area contributed by atoms with Crippen LogP contribution in [0, 0.1) is 0 Å². The first-order valence-corrected chi connectivity index (χ1v) is 16.0. The molecule has 1 atom stereocenters. The van der Waals surface area contributed by atoms with Crippen molar-refractivity contribution in [3.05, 3.63) is 72.9 Å². The molecule has 0 saturated carbocycles. The van der Waals surface area contributed by atoms with Crippen molar-refractivity contribution in [2.24, 2.45) is 0 Å². The molecular formula is C36H60O4. The molecule has 0 aromatic heterocycles. The lowest BCUT2D eigenvalue weighted by molar-refractivity contribution is -0.154. The molecule has 0 spiro atoms. The summed E-state index contributed by atoms with van der Waals surface area (Å²) in [4.78, 5) is 12.1. The molecule has 0 aliphatic rings. The highest BCUT2D eigenvalue weighted by Crippen LogP contribution is 2.10. The molecule has 0 rings (SSSR count). The predicted octanol–water partition coefficient (Wildman–Crippen LogP) is 9.92. The fourth-order valence-electron chi connectivity index (χ4n) is 3.91. The third-order valence-electron chi connectivity index (χ3n) is 6.28. The van der Waals surface area contributed by atoms with Gasteiger partial charge in [0.1, 0.15) is 6.10 Å². The summed E-state index contributed by atoms with van der Waals surface area (Å²) in [6, 6.07) is 0. The van der Waals surface area contributed by atoms with E-state index in [-0.39, 0.29) is 19.2 Å². The van der Waals surface area contributed by atoms with Gasteiger partial charge in [-0.2, -0.15) is 0 Å². The van der Waals surface area contributed by atoms with Crippen LogP contribution in [0.4, 0.5) is 0 Å². The number of allylic oxidation sites excluding steroid dienone is 11. The van der Waals surface area contributed by atoms with Crippen molar-refractivity contribution in [1.82, 2.24) is 0 Å². The van der Waals surface area contributed by atoms with Gasteiger partial charge in [-0.3, -0.25) is 4.79 Å². The highest BCUT2D eigenvalue weighted by atomic mass is 16.6. The number of ether oxygens (including phenoxy) is 2. The third-order valence-corrected chi connectivity index (χ3v) is 6.28. The lowest BCUT2D eigenvalue weighted by Gasteiger charge is -2.15. The van der Waals surface area contributed by atoms with Crippen LogP contribution in [0.25, 0.3) is 0 Å². The van der Waals surface area contributed by atoms with Crippen molar-refractivity contribution in [3.8, 4) is 0 Å². The maximum atomic E-state index is 12.1. The Balaban J connectivity index is 3.65. The Morgan fingerprint density at radius 1 is 0.625 bits per heavy atom. The zero-order chi connectivity index (χ0) is 29.2. The smallest absolute Gasteiger partial charge is 0.306 e. The lowest BCUT2D eigenvalue weighted by Crippen LogP contribution is -2.27. The molecule has 0 fully saturated rings. The summed E-state index contributed by atoms with van der Waals surface area (Å²) >= 11 is 0. The van der Waals surface area contributed by atoms with Crippen molar-refractivity contribution in [3.63, 3.8) is 0 Å². The van der Waals surface area contributed by atoms with Crippen molar-refractivity contribution >= 4 is 5.97 Å². The van der Waals surface area contributed by atoms with E-state index in [9.17, 15) is 9.90 Å². The van der Waals surface area contributed by atoms with E-state index in [1.807, 2.05) is 0 Å². The Morgan fingerprint density at radius 2 is 1.12 bits per heavy atom. The number of aliphatic hydroxyl groups excluding tert-OH is 1. The summed E-state index contributed by atoms with van der Waals surface area (Å²) in [7, 11) is 0. The Kier molecular flexibility index (Phi) is 31.2. The normalized spacial score (nSPS) is 13.4. The monoisotopic (exact) mass is 556 g/mol. The standard InChI is InChI=1S/C36H60O4/c1-3-5-7-9-11-13-15-17-18-19-20-22-24-26-28-30-32-39-34-35(33-37)40-36(38)31-29-27-25-23-21-16-14-12-10-8-6-4-2/h5,7,11-14,17-18,20,22,26,28,35,37H,3-4,6,8-10,15-16,19,21,23-25,27,29-34H2,1-2H3/b7-5-,13-11-,14-12-,18-17-,22-20-,28-26-. The molecule has 0 radical (unpaired) electrons. The zero-order valence-corrected chi connectivity index (χ0v) is 25.8. The van der Waals surface area contributed by atoms with E-state index >= 15 is 0 Å². The third kappa shape index (κ3) is 30.4. The minimum atomic E-state index is -0.579. The summed E-state index contributed by atoms with van der Waals surface area (Å²) in [5, 5.41) is 9.50. The SMILES string of the molecule is CC/C=C\C/C=C\C/C=C\C/C=C\C/C=C\CCOCC(CO)OC(=O)CCCCCCC/C=C\CCCCC. The highest BCUT2D eigenvalue weighted by Gasteiger charge is 2.13. The number of carbonyl (C=O) groups excluding carboxylic acids is 1. The molecule has 0 amide bonds. The quantitative estimate of drug-likeness (QED) is 0.0592. The molecule has 0 bridgehead atoms. The molecule has 0 aromatic rings. The van der Waals surface area contributed by atoms with E-state index < -0.39 is 6.10 Å². The van der Waals surface area contributed by atoms with E-state index in [0.29, 0.717) is 13.0 Å². The summed E-state index contributed by atoms with van der Waals surface area (Å²) in [5.74, 6) is -0.240. The largest absolute Gasteiger partial charge is 0.457 e. The first kappa shape index (κ1) is 37.8. The van der Waals surface area contributed by atoms with Crippen LogP contribution in [-0.2, 0) is 14.3 Å². The number of rotatable bonds is 28. The van der Waals surface area contributed by atoms with Crippen LogP contribution in [0.3, 0.4) is 0 Å². The van der Waals surface area contributed by atoms with Crippen LogP contribution in [0.5, 0.6) is 0 Å². The molecule has 0 aliphatic heterocycles. The number of unbranched alkanes of at least 4 members (excludes halogenated alkanes) is 8. The molecule has 40 heavy (non-hydrogen) atoms. The van der Waals surface area contributed by atoms with Gasteiger partial charge in [0.15, 0.2) is 0 Å². The molecule has 0 saturated heterocycles. The number of carbonyl (C=O) groups is 1. The average molecular weight is 557 g/mol. The number of aliphatic hydroxyl groups is 1. The van der Waals surface area contributed by atoms with Gasteiger partial charge in [0.2, 0.25) is 0 Å². The summed E-state index contributed by atoms with van der Waals surface area (Å²) in [6.07, 6.45) is 43.8. The van der Waals surface area contributed by atoms with Gasteiger partial charge in [0, 0.05) is 6.42 Å². The lowest BCUT2D eigenvalue weighted by atomic mass is 10.1. The van der Waals surface area contributed by atoms with Crippen LogP contribution in [0.2, 0.25) is 0 Å². The maximum absolute atomic E-state index is 12.1. The topological polar surface area (TPSA) is 55.8 Å². The van der Waals surface area contributed by atoms with Crippen LogP contribution in [0.15, 0.2) is 72.9 Å². The van der Waals surface area contributed by atoms with E-state index in [4.69, 9.17) is 9.47 Å². The summed E-state index contributed by atoms with van der Waals surface area (Å²) < 4.78 is 11.0. The molecule has 1 unspecified atom stereocenters. The Bertz CT molecular complexity index is 714. The molecule has 1 N–H and O–H groups in total. The maximum Gasteiger partial charge on any atom is 0.306 e. The highest BCUT2D eigenvalue weighted by molar-refractivity contribution is 5.69. The molecule has 4 heteroatoms. The van der Waals surface area contributed by atoms with Gasteiger partial charge in [0.05, 0.1) is 19.8 Å². The fraction of sp³-hybridized carbons (Fsp3) is 0.639. The molecule has 228 valence electrons. The van der Waals surface area contributed by atoms with Gasteiger partial charge in [-0.05, 0) is 70.6 Å². The molecule has 0 aliphatic carbocycles. The number of esters is 1. The predicted molar refractivity (Wildman–Crippen MR) is 172 cm³/mol. The second-order valence-electron chi connectivity index (χ2n) is 10.1. The van der Waals surface area contributed by atoms with Gasteiger partial charge in [-0.25, -0.2) is 0 Å². The zero-order valence-electron chi connectivity index (χ0n) is 25.8. The molecule has 4 nitrogen and oxygen atoms in total. The Hall–Kier alpha value is -2.17. The van der Waals surface area contributed by atoms with Crippen LogP contribution in [-0.4, -0.2) is 37.0 Å². The van der Waals surface area contributed by atoms with Crippen molar-refractivity contribution < 1.29 is 19.4 Å². The van der Waals surface area contributed by atoms with Crippen LogP contribution >= 0.6 is 0 Å². The van der Waals surface area contributed by atoms with E-state index in [2.05, 4.69) is 86.8 Å². The second kappa shape index (κ2) is 33.0. The first-order chi connectivity index (χ1) is 19.7. The first-order valence-electron chi connectivity index (χ1n) is 16.0. The minimum Gasteiger partial charge on any atom is -0.457 e. The second-order valence-corrected chi connectivity index (χ2v) is 10.1. The minimum absolute atomic E-state index is 0.209. The molecule has 0 aromatic carbocycles. The van der Waals surface area contributed by atoms with Gasteiger partial charge >= 0.3 is 5.97 Å². The Labute approximate surface area is 247 Å².